The van der Waals surface area contributed by atoms with Crippen LogP contribution in [0.4, 0.5) is 5.69 Å². The van der Waals surface area contributed by atoms with Crippen LogP contribution in [0.15, 0.2) is 33.9 Å². The molecule has 0 N–H and O–H groups in total. The van der Waals surface area contributed by atoms with Crippen LogP contribution in [0.3, 0.4) is 0 Å². The molecule has 3 rings (SSSR count). The van der Waals surface area contributed by atoms with Gasteiger partial charge in [0.1, 0.15) is 5.69 Å². The Kier molecular flexibility index (Phi) is 3.62. The second-order valence-electron chi connectivity index (χ2n) is 5.29. The van der Waals surface area contributed by atoms with E-state index in [1.165, 1.54) is 12.8 Å². The van der Waals surface area contributed by atoms with Crippen LogP contribution in [0.2, 0.25) is 5.02 Å². The molecule has 1 fully saturated rings. The third kappa shape index (κ3) is 2.27. The second-order valence-corrected chi connectivity index (χ2v) is 5.73. The van der Waals surface area contributed by atoms with Gasteiger partial charge in [0.2, 0.25) is 10.9 Å². The molecule has 104 valence electrons. The molecule has 0 aliphatic carbocycles. The highest BCUT2D eigenvalue weighted by atomic mass is 35.5. The highest BCUT2D eigenvalue weighted by molar-refractivity contribution is 6.30. The topological polar surface area (TPSA) is 37.4 Å². The van der Waals surface area contributed by atoms with Gasteiger partial charge in [-0.3, -0.25) is 9.59 Å². The average molecular weight is 290 g/mol. The molecule has 1 aliphatic rings. The van der Waals surface area contributed by atoms with Gasteiger partial charge in [0.25, 0.3) is 0 Å². The Morgan fingerprint density at radius 1 is 0.850 bits per heavy atom. The molecule has 0 aromatic heterocycles. The van der Waals surface area contributed by atoms with E-state index < -0.39 is 0 Å². The minimum atomic E-state index is -0.369. The van der Waals surface area contributed by atoms with E-state index in [0.29, 0.717) is 16.3 Å². The van der Waals surface area contributed by atoms with Gasteiger partial charge in [0, 0.05) is 18.1 Å². The highest BCUT2D eigenvalue weighted by Crippen LogP contribution is 2.29. The zero-order valence-electron chi connectivity index (χ0n) is 11.2. The number of halogens is 1. The van der Waals surface area contributed by atoms with Crippen molar-refractivity contribution in [2.45, 2.75) is 25.7 Å². The van der Waals surface area contributed by atoms with E-state index in [4.69, 9.17) is 11.6 Å². The van der Waals surface area contributed by atoms with Gasteiger partial charge in [-0.1, -0.05) is 36.6 Å². The van der Waals surface area contributed by atoms with Crippen LogP contribution in [-0.4, -0.2) is 13.1 Å². The highest BCUT2D eigenvalue weighted by Gasteiger charge is 2.27. The molecule has 1 saturated heterocycles. The van der Waals surface area contributed by atoms with Gasteiger partial charge < -0.3 is 4.90 Å². The zero-order chi connectivity index (χ0) is 14.1. The van der Waals surface area contributed by atoms with Crippen molar-refractivity contribution in [3.8, 4) is 11.1 Å². The fourth-order valence-corrected chi connectivity index (χ4v) is 2.99. The molecule has 3 nitrogen and oxygen atoms in total. The molecule has 0 spiro atoms. The summed E-state index contributed by atoms with van der Waals surface area (Å²) in [5, 5.41) is 0.628. The molecule has 1 aliphatic heterocycles. The van der Waals surface area contributed by atoms with E-state index in [0.717, 1.165) is 31.5 Å². The maximum atomic E-state index is 11.9. The lowest BCUT2D eigenvalue weighted by atomic mass is 9.97. The summed E-state index contributed by atoms with van der Waals surface area (Å²) in [6.45, 7) is 1.73. The monoisotopic (exact) mass is 289 g/mol. The zero-order valence-corrected chi connectivity index (χ0v) is 11.9. The van der Waals surface area contributed by atoms with Crippen molar-refractivity contribution in [3.05, 3.63) is 49.7 Å². The molecule has 1 heterocycles. The molecule has 2 aromatic carbocycles. The number of anilines is 1. The molecule has 0 bridgehead atoms. The fraction of sp³-hybridized carbons (Fsp3) is 0.375. The van der Waals surface area contributed by atoms with Crippen molar-refractivity contribution in [1.82, 2.24) is 0 Å². The van der Waals surface area contributed by atoms with Crippen molar-refractivity contribution in [2.75, 3.05) is 18.0 Å². The molecular weight excluding hydrogens is 274 g/mol. The summed E-state index contributed by atoms with van der Waals surface area (Å²) in [7, 11) is 0. The normalized spacial score (nSPS) is 16.4. The Morgan fingerprint density at radius 3 is 2.05 bits per heavy atom. The Hall–Kier alpha value is -1.61. The fourth-order valence-electron chi connectivity index (χ4n) is 2.86. The number of nitrogens with zero attached hydrogens (tertiary/aromatic N) is 1. The first kappa shape index (κ1) is 13.4. The number of hydrogen-bond donors (Lipinski definition) is 0. The van der Waals surface area contributed by atoms with Gasteiger partial charge in [0.05, 0.1) is 5.56 Å². The first-order valence-electron chi connectivity index (χ1n) is 7.02. The van der Waals surface area contributed by atoms with E-state index in [1.807, 2.05) is 0 Å². The van der Waals surface area contributed by atoms with E-state index in [9.17, 15) is 9.59 Å². The van der Waals surface area contributed by atoms with Crippen LogP contribution in [-0.2, 0) is 0 Å². The average Bonchev–Trinajstić information content (AvgIpc) is 2.73. The van der Waals surface area contributed by atoms with Crippen LogP contribution >= 0.6 is 11.6 Å². The van der Waals surface area contributed by atoms with Crippen molar-refractivity contribution in [1.29, 1.82) is 0 Å². The third-order valence-electron chi connectivity index (χ3n) is 3.94. The minimum Gasteiger partial charge on any atom is -0.368 e. The van der Waals surface area contributed by atoms with Crippen LogP contribution in [0.5, 0.6) is 0 Å². The maximum Gasteiger partial charge on any atom is 0.250 e. The van der Waals surface area contributed by atoms with Gasteiger partial charge >= 0.3 is 0 Å². The standard InChI is InChI=1S/C16H16ClNO2/c17-12-7-5-11(6-8-12)13-14(16(20)15(13)19)18-9-3-1-2-4-10-18/h5-8H,1-4,9-10H2. The van der Waals surface area contributed by atoms with E-state index >= 15 is 0 Å². The van der Waals surface area contributed by atoms with Crippen molar-refractivity contribution < 1.29 is 0 Å². The van der Waals surface area contributed by atoms with Gasteiger partial charge in [-0.2, -0.15) is 0 Å². The molecule has 0 atom stereocenters. The summed E-state index contributed by atoms with van der Waals surface area (Å²) in [6.07, 6.45) is 4.56. The van der Waals surface area contributed by atoms with E-state index in [2.05, 4.69) is 4.90 Å². The van der Waals surface area contributed by atoms with Crippen LogP contribution in [0, 0.1) is 0 Å². The van der Waals surface area contributed by atoms with Crippen LogP contribution < -0.4 is 15.8 Å². The SMILES string of the molecule is O=c1c(-c2ccc(Cl)cc2)c(N2CCCCCC2)c1=O. The van der Waals surface area contributed by atoms with E-state index in [1.54, 1.807) is 24.3 Å². The maximum absolute atomic E-state index is 11.9. The molecule has 0 saturated carbocycles. The summed E-state index contributed by atoms with van der Waals surface area (Å²) in [4.78, 5) is 26.0. The Labute approximate surface area is 122 Å². The Morgan fingerprint density at radius 2 is 1.45 bits per heavy atom. The van der Waals surface area contributed by atoms with Gasteiger partial charge in [-0.25, -0.2) is 0 Å². The smallest absolute Gasteiger partial charge is 0.250 e. The quantitative estimate of drug-likeness (QED) is 0.798. The summed E-state index contributed by atoms with van der Waals surface area (Å²) < 4.78 is 0. The predicted octanol–water partition coefficient (Wildman–Crippen LogP) is 2.98. The Balaban J connectivity index is 2.00. The summed E-state index contributed by atoms with van der Waals surface area (Å²) >= 11 is 5.87. The van der Waals surface area contributed by atoms with Gasteiger partial charge in [0.15, 0.2) is 0 Å². The molecule has 4 heteroatoms. The molecule has 20 heavy (non-hydrogen) atoms. The number of rotatable bonds is 2. The molecule has 0 amide bonds. The van der Waals surface area contributed by atoms with Crippen molar-refractivity contribution in [2.24, 2.45) is 0 Å². The predicted molar refractivity (Wildman–Crippen MR) is 82.5 cm³/mol. The lowest BCUT2D eigenvalue weighted by molar-refractivity contribution is 0.726. The Bertz CT molecular complexity index is 675. The number of hydrogen-bond acceptors (Lipinski definition) is 3. The summed E-state index contributed by atoms with van der Waals surface area (Å²) in [5.41, 5.74) is 1.26. The lowest BCUT2D eigenvalue weighted by Gasteiger charge is -2.26. The largest absolute Gasteiger partial charge is 0.368 e. The number of benzene rings is 1. The minimum absolute atomic E-state index is 0.336. The summed E-state index contributed by atoms with van der Waals surface area (Å²) in [6, 6.07) is 7.11. The van der Waals surface area contributed by atoms with Crippen LogP contribution in [0.25, 0.3) is 11.1 Å². The van der Waals surface area contributed by atoms with E-state index in [-0.39, 0.29) is 10.9 Å². The summed E-state index contributed by atoms with van der Waals surface area (Å²) in [5.74, 6) is 0. The van der Waals surface area contributed by atoms with Crippen molar-refractivity contribution in [3.63, 3.8) is 0 Å². The molecular formula is C16H16ClNO2. The molecule has 2 aromatic rings. The lowest BCUT2D eigenvalue weighted by Crippen LogP contribution is -2.42. The second kappa shape index (κ2) is 5.41. The first-order valence-corrected chi connectivity index (χ1v) is 7.40. The first-order chi connectivity index (χ1) is 9.68. The van der Waals surface area contributed by atoms with Gasteiger partial charge in [-0.05, 0) is 30.5 Å². The molecule has 0 unspecified atom stereocenters. The van der Waals surface area contributed by atoms with Gasteiger partial charge in [-0.15, -0.1) is 0 Å². The molecule has 0 radical (unpaired) electrons. The third-order valence-corrected chi connectivity index (χ3v) is 4.19. The van der Waals surface area contributed by atoms with Crippen molar-refractivity contribution >= 4 is 17.3 Å². The van der Waals surface area contributed by atoms with Crippen LogP contribution in [0.1, 0.15) is 25.7 Å².